The van der Waals surface area contributed by atoms with Gasteiger partial charge in [0.05, 0.1) is 0 Å². The van der Waals surface area contributed by atoms with Crippen LogP contribution in [-0.4, -0.2) is 23.1 Å². The number of carbonyl (C=O) groups excluding carboxylic acids is 4. The van der Waals surface area contributed by atoms with Gasteiger partial charge in [0.25, 0.3) is 0 Å². The quantitative estimate of drug-likeness (QED) is 0.622. The molecule has 0 aromatic carbocycles. The second-order valence-corrected chi connectivity index (χ2v) is 2.97. The van der Waals surface area contributed by atoms with Gasteiger partial charge < -0.3 is 0 Å². The molecule has 4 nitrogen and oxygen atoms in total. The van der Waals surface area contributed by atoms with Crippen LogP contribution in [0, 0.1) is 41.0 Å². The molecule has 0 spiro atoms. The summed E-state index contributed by atoms with van der Waals surface area (Å²) in [4.78, 5) is 44.5. The molecule has 0 saturated heterocycles. The Morgan fingerprint density at radius 2 is 0.800 bits per heavy atom. The summed E-state index contributed by atoms with van der Waals surface area (Å²) >= 11 is 0. The van der Waals surface area contributed by atoms with Crippen molar-refractivity contribution in [1.82, 2.24) is 0 Å². The maximum Gasteiger partial charge on any atom is 0.202 e. The average molecular weight is 414 g/mol. The van der Waals surface area contributed by atoms with E-state index in [2.05, 4.69) is 0 Å². The Morgan fingerprint density at radius 1 is 0.667 bits per heavy atom. The van der Waals surface area contributed by atoms with Gasteiger partial charge in [-0.05, 0) is 27.7 Å². The second-order valence-electron chi connectivity index (χ2n) is 2.97. The molecule has 0 unspecified atom stereocenters. The standard InChI is InChI=1S/C9H12O4.La.Zr/c1-5(10)9(6(2)11,7(3)12)8(4)13;;/h1-4H3;;. The third-order valence-corrected chi connectivity index (χ3v) is 2.11. The van der Waals surface area contributed by atoms with E-state index in [1.54, 1.807) is 0 Å². The van der Waals surface area contributed by atoms with Gasteiger partial charge >= 0.3 is 0 Å². The van der Waals surface area contributed by atoms with Gasteiger partial charge in [-0.2, -0.15) is 0 Å². The van der Waals surface area contributed by atoms with Crippen LogP contribution in [0.5, 0.6) is 0 Å². The van der Waals surface area contributed by atoms with E-state index in [4.69, 9.17) is 0 Å². The van der Waals surface area contributed by atoms with E-state index >= 15 is 0 Å². The van der Waals surface area contributed by atoms with Crippen LogP contribution in [0.15, 0.2) is 0 Å². The molecule has 1 radical (unpaired) electrons. The fraction of sp³-hybridized carbons (Fsp3) is 0.556. The molecule has 0 amide bonds. The van der Waals surface area contributed by atoms with Crippen molar-refractivity contribution >= 4 is 23.1 Å². The summed E-state index contributed by atoms with van der Waals surface area (Å²) in [7, 11) is 0. The van der Waals surface area contributed by atoms with Gasteiger partial charge in [0.15, 0.2) is 23.1 Å². The van der Waals surface area contributed by atoms with Crippen molar-refractivity contribution in [3.63, 3.8) is 0 Å². The minimum Gasteiger partial charge on any atom is -0.298 e. The summed E-state index contributed by atoms with van der Waals surface area (Å²) in [6.07, 6.45) is 0. The van der Waals surface area contributed by atoms with Crippen LogP contribution in [0.2, 0.25) is 0 Å². The molecule has 0 bridgehead atoms. The van der Waals surface area contributed by atoms with Crippen LogP contribution in [0.1, 0.15) is 27.7 Å². The normalized spacial score (nSPS) is 9.33. The van der Waals surface area contributed by atoms with Gasteiger partial charge in [0.2, 0.25) is 5.41 Å². The van der Waals surface area contributed by atoms with E-state index in [1.807, 2.05) is 0 Å². The van der Waals surface area contributed by atoms with E-state index in [0.29, 0.717) is 0 Å². The number of ketones is 4. The molecule has 0 atom stereocenters. The van der Waals surface area contributed by atoms with Crippen molar-refractivity contribution in [1.29, 1.82) is 0 Å². The predicted octanol–water partition coefficient (Wildman–Crippen LogP) is 0.326. The van der Waals surface area contributed by atoms with E-state index in [1.165, 1.54) is 0 Å². The number of Topliss-reactive ketones (excluding diaryl/α,β-unsaturated/α-hetero) is 4. The average Bonchev–Trinajstić information content (AvgIpc) is 1.82. The minimum absolute atomic E-state index is 0. The fourth-order valence-electron chi connectivity index (χ4n) is 1.49. The second kappa shape index (κ2) is 7.94. The van der Waals surface area contributed by atoms with E-state index in [0.717, 1.165) is 27.7 Å². The van der Waals surface area contributed by atoms with E-state index < -0.39 is 28.5 Å². The molecule has 0 rings (SSSR count). The van der Waals surface area contributed by atoms with E-state index in [-0.39, 0.29) is 61.8 Å². The van der Waals surface area contributed by atoms with Gasteiger partial charge in [-0.15, -0.1) is 0 Å². The zero-order chi connectivity index (χ0) is 10.8. The topological polar surface area (TPSA) is 68.3 Å². The first-order valence-electron chi connectivity index (χ1n) is 3.82. The summed E-state index contributed by atoms with van der Waals surface area (Å²) in [6, 6.07) is 0. The number of hydrogen-bond donors (Lipinski definition) is 0. The molecule has 0 aliphatic heterocycles. The Labute approximate surface area is 136 Å². The van der Waals surface area contributed by atoms with Gasteiger partial charge in [0, 0.05) is 61.8 Å². The fourth-order valence-corrected chi connectivity index (χ4v) is 1.49. The SMILES string of the molecule is CC(=O)C(C(C)=O)(C(C)=O)C(C)=O.[La].[Zr]. The van der Waals surface area contributed by atoms with Crippen molar-refractivity contribution in [2.24, 2.45) is 5.41 Å². The largest absolute Gasteiger partial charge is 0.298 e. The Morgan fingerprint density at radius 3 is 0.800 bits per heavy atom. The van der Waals surface area contributed by atoms with Crippen molar-refractivity contribution in [3.05, 3.63) is 0 Å². The van der Waals surface area contributed by atoms with Crippen LogP contribution in [0.25, 0.3) is 0 Å². The molecule has 0 aliphatic carbocycles. The molecule has 0 saturated carbocycles. The van der Waals surface area contributed by atoms with Gasteiger partial charge in [-0.3, -0.25) is 19.2 Å². The van der Waals surface area contributed by atoms with E-state index in [9.17, 15) is 19.2 Å². The molecule has 15 heavy (non-hydrogen) atoms. The maximum absolute atomic E-state index is 11.1. The van der Waals surface area contributed by atoms with Crippen LogP contribution in [0.3, 0.4) is 0 Å². The smallest absolute Gasteiger partial charge is 0.202 e. The molecule has 6 heteroatoms. The summed E-state index contributed by atoms with van der Waals surface area (Å²) < 4.78 is 0. The Kier molecular flexibility index (Phi) is 11.2. The predicted molar refractivity (Wildman–Crippen MR) is 45.2 cm³/mol. The summed E-state index contributed by atoms with van der Waals surface area (Å²) in [5.74, 6) is -2.83. The van der Waals surface area contributed by atoms with Gasteiger partial charge in [0.1, 0.15) is 0 Å². The third-order valence-electron chi connectivity index (χ3n) is 2.11. The van der Waals surface area contributed by atoms with Crippen molar-refractivity contribution in [2.75, 3.05) is 0 Å². The zero-order valence-corrected chi connectivity index (χ0v) is 15.3. The molecule has 0 aromatic rings. The van der Waals surface area contributed by atoms with Crippen molar-refractivity contribution in [3.8, 4) is 0 Å². The Hall–Kier alpha value is 0.758. The Balaban J connectivity index is -0.000000720. The van der Waals surface area contributed by atoms with Crippen LogP contribution in [0.4, 0.5) is 0 Å². The summed E-state index contributed by atoms with van der Waals surface area (Å²) in [5, 5.41) is 0. The minimum atomic E-state index is -2.06. The zero-order valence-electron chi connectivity index (χ0n) is 9.21. The molecule has 0 fully saturated rings. The molecular formula is C9H12LaO4Zr. The third kappa shape index (κ3) is 3.92. The molecule has 0 aromatic heterocycles. The number of hydrogen-bond acceptors (Lipinski definition) is 4. The summed E-state index contributed by atoms with van der Waals surface area (Å²) in [5.41, 5.74) is -2.06. The molecule has 79 valence electrons. The first-order valence-corrected chi connectivity index (χ1v) is 3.82. The molecule has 0 aliphatic rings. The molecular weight excluding hydrogens is 402 g/mol. The molecule has 0 heterocycles. The van der Waals surface area contributed by atoms with Crippen LogP contribution >= 0.6 is 0 Å². The van der Waals surface area contributed by atoms with Crippen LogP contribution < -0.4 is 0 Å². The van der Waals surface area contributed by atoms with Crippen molar-refractivity contribution in [2.45, 2.75) is 27.7 Å². The van der Waals surface area contributed by atoms with Crippen molar-refractivity contribution < 1.29 is 81.0 Å². The monoisotopic (exact) mass is 413 g/mol. The molecule has 0 N–H and O–H groups in total. The van der Waals surface area contributed by atoms with Gasteiger partial charge in [-0.1, -0.05) is 0 Å². The van der Waals surface area contributed by atoms with Crippen LogP contribution in [-0.2, 0) is 45.4 Å². The number of rotatable bonds is 4. The first kappa shape index (κ1) is 21.1. The van der Waals surface area contributed by atoms with Gasteiger partial charge in [-0.25, -0.2) is 0 Å². The maximum atomic E-state index is 11.1. The number of carbonyl (C=O) groups is 4. The Bertz CT molecular complexity index is 237. The first-order chi connectivity index (χ1) is 5.77. The summed E-state index contributed by atoms with van der Waals surface area (Å²) in [6.45, 7) is 4.29.